The molecule has 24 heavy (non-hydrogen) atoms. The van der Waals surface area contributed by atoms with Gasteiger partial charge in [-0.25, -0.2) is 4.79 Å². The number of nitrogens with zero attached hydrogens (tertiary/aromatic N) is 1. The molecule has 0 unspecified atom stereocenters. The predicted octanol–water partition coefficient (Wildman–Crippen LogP) is 5.62. The molecule has 0 heterocycles. The van der Waals surface area contributed by atoms with Crippen molar-refractivity contribution < 1.29 is 9.53 Å². The Bertz CT molecular complexity index is 514. The van der Waals surface area contributed by atoms with Gasteiger partial charge < -0.3 is 4.74 Å². The van der Waals surface area contributed by atoms with Crippen LogP contribution < -0.4 is 0 Å². The maximum atomic E-state index is 12.6. The maximum Gasteiger partial charge on any atom is 0.411 e. The SMILES string of the molecule is [CH2][C@@H](/C=C/CCC(C)C)N(Cc1ccccc1)C(=O)OC(C)(C)C. The fourth-order valence-corrected chi connectivity index (χ4v) is 2.20. The Kier molecular flexibility index (Phi) is 8.03. The molecule has 1 aromatic carbocycles. The minimum absolute atomic E-state index is 0.257. The van der Waals surface area contributed by atoms with E-state index in [2.05, 4.69) is 26.8 Å². The van der Waals surface area contributed by atoms with Crippen LogP contribution in [0.5, 0.6) is 0 Å². The number of benzene rings is 1. The molecule has 1 atom stereocenters. The van der Waals surface area contributed by atoms with E-state index in [4.69, 9.17) is 4.74 Å². The summed E-state index contributed by atoms with van der Waals surface area (Å²) in [7, 11) is 0. The average molecular weight is 330 g/mol. The summed E-state index contributed by atoms with van der Waals surface area (Å²) in [6, 6.07) is 9.67. The van der Waals surface area contributed by atoms with Crippen LogP contribution in [0.3, 0.4) is 0 Å². The third kappa shape index (κ3) is 8.19. The van der Waals surface area contributed by atoms with Gasteiger partial charge in [-0.15, -0.1) is 0 Å². The van der Waals surface area contributed by atoms with Gasteiger partial charge in [0.15, 0.2) is 0 Å². The van der Waals surface area contributed by atoms with Gasteiger partial charge >= 0.3 is 6.09 Å². The Hall–Kier alpha value is -1.77. The Morgan fingerprint density at radius 2 is 1.88 bits per heavy atom. The average Bonchev–Trinajstić information content (AvgIpc) is 2.48. The number of ether oxygens (including phenoxy) is 1. The molecule has 0 aliphatic carbocycles. The van der Waals surface area contributed by atoms with Crippen LogP contribution in [-0.4, -0.2) is 22.6 Å². The fraction of sp³-hybridized carbons (Fsp3) is 0.524. The van der Waals surface area contributed by atoms with Gasteiger partial charge in [0.1, 0.15) is 5.60 Å². The predicted molar refractivity (Wildman–Crippen MR) is 101 cm³/mol. The first-order valence-corrected chi connectivity index (χ1v) is 8.72. The third-order valence-corrected chi connectivity index (χ3v) is 3.49. The van der Waals surface area contributed by atoms with Gasteiger partial charge in [0.2, 0.25) is 0 Å². The fourth-order valence-electron chi connectivity index (χ4n) is 2.20. The van der Waals surface area contributed by atoms with Crippen molar-refractivity contribution in [1.29, 1.82) is 0 Å². The molecule has 0 bridgehead atoms. The zero-order chi connectivity index (χ0) is 18.2. The first kappa shape index (κ1) is 20.3. The molecule has 0 saturated heterocycles. The summed E-state index contributed by atoms with van der Waals surface area (Å²) in [5.74, 6) is 0.671. The molecule has 0 fully saturated rings. The van der Waals surface area contributed by atoms with Crippen LogP contribution >= 0.6 is 0 Å². The highest BCUT2D eigenvalue weighted by molar-refractivity contribution is 5.69. The van der Waals surface area contributed by atoms with Crippen molar-refractivity contribution >= 4 is 6.09 Å². The Labute approximate surface area is 147 Å². The van der Waals surface area contributed by atoms with Crippen molar-refractivity contribution in [2.45, 2.75) is 65.6 Å². The molecular weight excluding hydrogens is 298 g/mol. The molecule has 0 aromatic heterocycles. The van der Waals surface area contributed by atoms with Crippen LogP contribution in [0.1, 0.15) is 53.0 Å². The van der Waals surface area contributed by atoms with E-state index < -0.39 is 5.60 Å². The van der Waals surface area contributed by atoms with Gasteiger partial charge in [-0.05, 0) is 52.0 Å². The molecule has 1 aromatic rings. The van der Waals surface area contributed by atoms with Gasteiger partial charge in [-0.2, -0.15) is 0 Å². The van der Waals surface area contributed by atoms with Crippen LogP contribution in [0, 0.1) is 12.8 Å². The monoisotopic (exact) mass is 330 g/mol. The minimum atomic E-state index is -0.521. The quantitative estimate of drug-likeness (QED) is 0.607. The van der Waals surface area contributed by atoms with E-state index in [-0.39, 0.29) is 12.1 Å². The smallest absolute Gasteiger partial charge is 0.411 e. The largest absolute Gasteiger partial charge is 0.444 e. The molecule has 0 N–H and O–H groups in total. The van der Waals surface area contributed by atoms with Gasteiger partial charge in [-0.1, -0.05) is 56.3 Å². The number of rotatable bonds is 7. The lowest BCUT2D eigenvalue weighted by atomic mass is 10.1. The van der Waals surface area contributed by atoms with Crippen molar-refractivity contribution in [3.8, 4) is 0 Å². The highest BCUT2D eigenvalue weighted by Crippen LogP contribution is 2.16. The Morgan fingerprint density at radius 3 is 2.42 bits per heavy atom. The van der Waals surface area contributed by atoms with Crippen LogP contribution in [0.15, 0.2) is 42.5 Å². The topological polar surface area (TPSA) is 29.5 Å². The summed E-state index contributed by atoms with van der Waals surface area (Å²) < 4.78 is 5.55. The van der Waals surface area contributed by atoms with Gasteiger partial charge in [0.25, 0.3) is 0 Å². The molecule has 1 amide bonds. The molecule has 3 heteroatoms. The lowest BCUT2D eigenvalue weighted by molar-refractivity contribution is 0.0210. The zero-order valence-corrected chi connectivity index (χ0v) is 15.8. The van der Waals surface area contributed by atoms with Crippen molar-refractivity contribution in [1.82, 2.24) is 4.90 Å². The summed E-state index contributed by atoms with van der Waals surface area (Å²) >= 11 is 0. The molecule has 0 aliphatic heterocycles. The van der Waals surface area contributed by atoms with Gasteiger partial charge in [0.05, 0.1) is 6.04 Å². The van der Waals surface area contributed by atoms with Crippen LogP contribution in [0.2, 0.25) is 0 Å². The maximum absolute atomic E-state index is 12.6. The summed E-state index contributed by atoms with van der Waals surface area (Å²) in [4.78, 5) is 14.2. The molecule has 0 spiro atoms. The normalized spacial score (nSPS) is 13.3. The van der Waals surface area contributed by atoms with Crippen molar-refractivity contribution in [3.05, 3.63) is 55.0 Å². The number of carbonyl (C=O) groups is 1. The van der Waals surface area contributed by atoms with E-state index in [1.807, 2.05) is 57.2 Å². The number of amides is 1. The van der Waals surface area contributed by atoms with E-state index in [0.29, 0.717) is 12.5 Å². The molecule has 133 valence electrons. The second-order valence-electron chi connectivity index (χ2n) is 7.56. The number of hydrogen-bond acceptors (Lipinski definition) is 2. The molecule has 1 rings (SSSR count). The highest BCUT2D eigenvalue weighted by atomic mass is 16.6. The zero-order valence-electron chi connectivity index (χ0n) is 15.8. The third-order valence-electron chi connectivity index (χ3n) is 3.49. The second kappa shape index (κ2) is 9.51. The lowest BCUT2D eigenvalue weighted by Crippen LogP contribution is -2.41. The van der Waals surface area contributed by atoms with E-state index in [1.165, 1.54) is 0 Å². The molecule has 1 radical (unpaired) electrons. The minimum Gasteiger partial charge on any atom is -0.444 e. The first-order chi connectivity index (χ1) is 11.2. The van der Waals surface area contributed by atoms with E-state index >= 15 is 0 Å². The van der Waals surface area contributed by atoms with Crippen LogP contribution in [0.4, 0.5) is 4.79 Å². The number of carbonyl (C=O) groups excluding carboxylic acids is 1. The standard InChI is InChI=1S/C21H32NO2/c1-17(2)12-10-11-13-18(3)22(20(23)24-21(4,5)6)16-19-14-8-7-9-15-19/h7-9,11,13-15,17-18H,3,10,12,16H2,1-2,4-6H3/b13-11+/t18-/m0/s1. The lowest BCUT2D eigenvalue weighted by Gasteiger charge is -2.30. The Balaban J connectivity index is 2.81. The highest BCUT2D eigenvalue weighted by Gasteiger charge is 2.25. The first-order valence-electron chi connectivity index (χ1n) is 8.72. The van der Waals surface area contributed by atoms with Gasteiger partial charge in [0, 0.05) is 6.54 Å². The van der Waals surface area contributed by atoms with E-state index in [9.17, 15) is 4.79 Å². The Morgan fingerprint density at radius 1 is 1.25 bits per heavy atom. The second-order valence-corrected chi connectivity index (χ2v) is 7.56. The number of allylic oxidation sites excluding steroid dienone is 1. The molecule has 0 saturated carbocycles. The molecule has 0 aliphatic rings. The summed E-state index contributed by atoms with van der Waals surface area (Å²) in [5, 5.41) is 0. The molecule has 3 nitrogen and oxygen atoms in total. The summed E-state index contributed by atoms with van der Waals surface area (Å²) in [6.07, 6.45) is 5.90. The van der Waals surface area contributed by atoms with Crippen molar-refractivity contribution in [3.63, 3.8) is 0 Å². The van der Waals surface area contributed by atoms with E-state index in [1.54, 1.807) is 4.90 Å². The summed E-state index contributed by atoms with van der Waals surface area (Å²) in [5.41, 5.74) is 0.542. The van der Waals surface area contributed by atoms with Crippen LogP contribution in [-0.2, 0) is 11.3 Å². The van der Waals surface area contributed by atoms with Crippen molar-refractivity contribution in [2.75, 3.05) is 0 Å². The van der Waals surface area contributed by atoms with E-state index in [0.717, 1.165) is 18.4 Å². The number of hydrogen-bond donors (Lipinski definition) is 0. The molecular formula is C21H32NO2. The van der Waals surface area contributed by atoms with Crippen LogP contribution in [0.25, 0.3) is 0 Å². The van der Waals surface area contributed by atoms with Gasteiger partial charge in [-0.3, -0.25) is 4.90 Å². The summed E-state index contributed by atoms with van der Waals surface area (Å²) in [6.45, 7) is 14.7. The van der Waals surface area contributed by atoms with Crippen molar-refractivity contribution in [2.24, 2.45) is 5.92 Å².